The zero-order valence-corrected chi connectivity index (χ0v) is 16.8. The molecule has 2 heterocycles. The summed E-state index contributed by atoms with van der Waals surface area (Å²) in [5, 5.41) is 2.75. The van der Waals surface area contributed by atoms with E-state index in [1.54, 1.807) is 6.92 Å². The van der Waals surface area contributed by atoms with E-state index in [4.69, 9.17) is 4.74 Å². The van der Waals surface area contributed by atoms with Gasteiger partial charge in [0.05, 0.1) is 11.6 Å². The van der Waals surface area contributed by atoms with Crippen LogP contribution in [0.2, 0.25) is 0 Å². The highest BCUT2D eigenvalue weighted by atomic mass is 19.1. The van der Waals surface area contributed by atoms with E-state index in [0.29, 0.717) is 25.8 Å². The Morgan fingerprint density at radius 2 is 1.90 bits per heavy atom. The van der Waals surface area contributed by atoms with Crippen LogP contribution >= 0.6 is 0 Å². The van der Waals surface area contributed by atoms with Crippen molar-refractivity contribution in [2.75, 3.05) is 24.7 Å². The molecule has 1 fully saturated rings. The highest BCUT2D eigenvalue weighted by Gasteiger charge is 2.31. The van der Waals surface area contributed by atoms with Crippen molar-refractivity contribution < 1.29 is 23.1 Å². The lowest BCUT2D eigenvalue weighted by molar-refractivity contribution is -0.125. The van der Waals surface area contributed by atoms with Gasteiger partial charge in [0, 0.05) is 37.4 Å². The van der Waals surface area contributed by atoms with E-state index in [1.165, 1.54) is 0 Å². The van der Waals surface area contributed by atoms with Crippen LogP contribution in [0.5, 0.6) is 0 Å². The first-order chi connectivity index (χ1) is 14.4. The molecular weight excluding hydrogens is 390 g/mol. The van der Waals surface area contributed by atoms with Gasteiger partial charge in [0.1, 0.15) is 11.6 Å². The van der Waals surface area contributed by atoms with Crippen LogP contribution in [0.15, 0.2) is 36.4 Å². The summed E-state index contributed by atoms with van der Waals surface area (Å²) in [5.74, 6) is -2.06. The van der Waals surface area contributed by atoms with Crippen molar-refractivity contribution in [2.24, 2.45) is 5.92 Å². The van der Waals surface area contributed by atoms with E-state index in [-0.39, 0.29) is 23.4 Å². The lowest BCUT2D eigenvalue weighted by Gasteiger charge is -2.27. The lowest BCUT2D eigenvalue weighted by Crippen LogP contribution is -2.37. The van der Waals surface area contributed by atoms with E-state index in [2.05, 4.69) is 5.32 Å². The topological polar surface area (TPSA) is 58.6 Å². The molecule has 1 unspecified atom stereocenters. The third-order valence-corrected chi connectivity index (χ3v) is 5.86. The van der Waals surface area contributed by atoms with Crippen LogP contribution in [-0.2, 0) is 16.0 Å². The molecule has 4 rings (SSSR count). The molecule has 158 valence electrons. The molecule has 30 heavy (non-hydrogen) atoms. The molecule has 2 aliphatic heterocycles. The molecule has 2 aromatic carbocycles. The minimum absolute atomic E-state index is 0.00759. The van der Waals surface area contributed by atoms with Gasteiger partial charge in [-0.25, -0.2) is 8.78 Å². The molecule has 2 aliphatic rings. The second kappa shape index (κ2) is 8.52. The highest BCUT2D eigenvalue weighted by Crippen LogP contribution is 2.33. The van der Waals surface area contributed by atoms with Crippen molar-refractivity contribution >= 4 is 17.5 Å². The van der Waals surface area contributed by atoms with Crippen LogP contribution in [0.25, 0.3) is 0 Å². The van der Waals surface area contributed by atoms with Gasteiger partial charge >= 0.3 is 0 Å². The van der Waals surface area contributed by atoms with Gasteiger partial charge < -0.3 is 15.0 Å². The van der Waals surface area contributed by atoms with E-state index in [1.807, 2.05) is 23.1 Å². The number of benzene rings is 2. The molecule has 0 spiro atoms. The third-order valence-electron chi connectivity index (χ3n) is 5.86. The standard InChI is InChI=1S/C23H24F2N2O3/c1-14(26-22(28)19-4-3-18(24)13-20(19)25)16-2-5-21-17(12-16)6-9-27(21)23(29)15-7-10-30-11-8-15/h2-5,12-15H,6-11H2,1H3,(H,26,28). The second-order valence-corrected chi connectivity index (χ2v) is 7.83. The van der Waals surface area contributed by atoms with E-state index in [9.17, 15) is 18.4 Å². The third kappa shape index (κ3) is 4.07. The molecule has 2 aromatic rings. The highest BCUT2D eigenvalue weighted by molar-refractivity contribution is 5.97. The van der Waals surface area contributed by atoms with Crippen LogP contribution < -0.4 is 10.2 Å². The first kappa shape index (κ1) is 20.5. The number of hydrogen-bond acceptors (Lipinski definition) is 3. The summed E-state index contributed by atoms with van der Waals surface area (Å²) in [6.07, 6.45) is 2.27. The monoisotopic (exact) mass is 414 g/mol. The first-order valence-corrected chi connectivity index (χ1v) is 10.2. The van der Waals surface area contributed by atoms with E-state index < -0.39 is 17.5 Å². The maximum Gasteiger partial charge on any atom is 0.254 e. The molecule has 5 nitrogen and oxygen atoms in total. The molecule has 0 aromatic heterocycles. The van der Waals surface area contributed by atoms with Gasteiger partial charge in [-0.15, -0.1) is 0 Å². The van der Waals surface area contributed by atoms with Crippen molar-refractivity contribution in [3.8, 4) is 0 Å². The van der Waals surface area contributed by atoms with Crippen LogP contribution in [0.3, 0.4) is 0 Å². The molecule has 0 aliphatic carbocycles. The Bertz CT molecular complexity index is 973. The molecule has 0 bridgehead atoms. The average Bonchev–Trinajstić information content (AvgIpc) is 3.17. The van der Waals surface area contributed by atoms with Crippen molar-refractivity contribution in [3.05, 3.63) is 64.7 Å². The van der Waals surface area contributed by atoms with Gasteiger partial charge in [-0.05, 0) is 55.5 Å². The fourth-order valence-corrected chi connectivity index (χ4v) is 4.12. The Hall–Kier alpha value is -2.80. The molecule has 0 radical (unpaired) electrons. The Morgan fingerprint density at radius 3 is 2.63 bits per heavy atom. The Labute approximate surface area is 174 Å². The molecule has 7 heteroatoms. The quantitative estimate of drug-likeness (QED) is 0.829. The largest absolute Gasteiger partial charge is 0.381 e. The minimum atomic E-state index is -0.893. The fraction of sp³-hybridized carbons (Fsp3) is 0.391. The lowest BCUT2D eigenvalue weighted by atomic mass is 9.98. The summed E-state index contributed by atoms with van der Waals surface area (Å²) in [4.78, 5) is 27.1. The number of hydrogen-bond donors (Lipinski definition) is 1. The molecule has 2 amide bonds. The average molecular weight is 414 g/mol. The number of amides is 2. The van der Waals surface area contributed by atoms with E-state index in [0.717, 1.165) is 48.2 Å². The number of nitrogens with one attached hydrogen (secondary N) is 1. The Morgan fingerprint density at radius 1 is 1.13 bits per heavy atom. The molecule has 1 atom stereocenters. The second-order valence-electron chi connectivity index (χ2n) is 7.83. The van der Waals surface area contributed by atoms with Gasteiger partial charge in [0.15, 0.2) is 0 Å². The zero-order valence-electron chi connectivity index (χ0n) is 16.8. The van der Waals surface area contributed by atoms with Crippen molar-refractivity contribution in [1.29, 1.82) is 0 Å². The van der Waals surface area contributed by atoms with Gasteiger partial charge in [-0.3, -0.25) is 9.59 Å². The van der Waals surface area contributed by atoms with Crippen LogP contribution in [0.4, 0.5) is 14.5 Å². The maximum atomic E-state index is 13.9. The van der Waals surface area contributed by atoms with Crippen molar-refractivity contribution in [2.45, 2.75) is 32.2 Å². The Balaban J connectivity index is 1.46. The van der Waals surface area contributed by atoms with Crippen LogP contribution in [0, 0.1) is 17.6 Å². The summed E-state index contributed by atoms with van der Waals surface area (Å²) in [6, 6.07) is 8.29. The summed E-state index contributed by atoms with van der Waals surface area (Å²) in [7, 11) is 0. The number of fused-ring (bicyclic) bond motifs is 1. The number of anilines is 1. The summed E-state index contributed by atoms with van der Waals surface area (Å²) >= 11 is 0. The summed E-state index contributed by atoms with van der Waals surface area (Å²) in [5.41, 5.74) is 2.64. The molecular formula is C23H24F2N2O3. The van der Waals surface area contributed by atoms with Gasteiger partial charge in [0.2, 0.25) is 5.91 Å². The predicted molar refractivity (Wildman–Crippen MR) is 108 cm³/mol. The number of halogens is 2. The van der Waals surface area contributed by atoms with Gasteiger partial charge in [-0.2, -0.15) is 0 Å². The molecule has 1 saturated heterocycles. The van der Waals surface area contributed by atoms with Crippen LogP contribution in [0.1, 0.15) is 47.3 Å². The zero-order chi connectivity index (χ0) is 21.3. The number of carbonyl (C=O) groups is 2. The SMILES string of the molecule is CC(NC(=O)c1ccc(F)cc1F)c1ccc2c(c1)CCN2C(=O)C1CCOCC1. The number of nitrogens with zero attached hydrogens (tertiary/aromatic N) is 1. The number of carbonyl (C=O) groups excluding carboxylic acids is 2. The molecule has 0 saturated carbocycles. The van der Waals surface area contributed by atoms with E-state index >= 15 is 0 Å². The van der Waals surface area contributed by atoms with Gasteiger partial charge in [-0.1, -0.05) is 12.1 Å². The van der Waals surface area contributed by atoms with Crippen molar-refractivity contribution in [3.63, 3.8) is 0 Å². The number of ether oxygens (including phenoxy) is 1. The normalized spacial score (nSPS) is 17.5. The molecule has 1 N–H and O–H groups in total. The summed E-state index contributed by atoms with van der Waals surface area (Å²) in [6.45, 7) is 3.71. The fourth-order valence-electron chi connectivity index (χ4n) is 4.12. The van der Waals surface area contributed by atoms with Crippen molar-refractivity contribution in [1.82, 2.24) is 5.32 Å². The summed E-state index contributed by atoms with van der Waals surface area (Å²) < 4.78 is 32.3. The van der Waals surface area contributed by atoms with Gasteiger partial charge in [0.25, 0.3) is 5.91 Å². The minimum Gasteiger partial charge on any atom is -0.381 e. The first-order valence-electron chi connectivity index (χ1n) is 10.2. The van der Waals surface area contributed by atoms with Crippen LogP contribution in [-0.4, -0.2) is 31.6 Å². The maximum absolute atomic E-state index is 13.9. The predicted octanol–water partition coefficient (Wildman–Crippen LogP) is 3.77. The smallest absolute Gasteiger partial charge is 0.254 e. The Kier molecular flexibility index (Phi) is 5.81. The number of rotatable bonds is 4.